The monoisotopic (exact) mass is 420 g/mol. The van der Waals surface area contributed by atoms with Crippen LogP contribution in [-0.2, 0) is 6.54 Å². The van der Waals surface area contributed by atoms with Crippen molar-refractivity contribution < 1.29 is 9.53 Å². The van der Waals surface area contributed by atoms with E-state index in [0.717, 1.165) is 60.6 Å². The molecule has 1 aliphatic rings. The van der Waals surface area contributed by atoms with Gasteiger partial charge in [-0.3, -0.25) is 4.79 Å². The lowest BCUT2D eigenvalue weighted by Gasteiger charge is -2.34. The first kappa shape index (κ1) is 21.2. The lowest BCUT2D eigenvalue weighted by molar-refractivity contribution is 0.101. The van der Waals surface area contributed by atoms with E-state index in [1.165, 1.54) is 5.69 Å². The molecule has 2 heterocycles. The van der Waals surface area contributed by atoms with Crippen molar-refractivity contribution >= 4 is 28.2 Å². The van der Waals surface area contributed by atoms with Gasteiger partial charge in [-0.25, -0.2) is 0 Å². The average molecular weight is 421 g/mol. The first-order chi connectivity index (χ1) is 15.0. The Kier molecular flexibility index (Phi) is 6.18. The van der Waals surface area contributed by atoms with Gasteiger partial charge >= 0.3 is 0 Å². The summed E-state index contributed by atoms with van der Waals surface area (Å²) in [5.74, 6) is 0.749. The van der Waals surface area contributed by atoms with E-state index in [-0.39, 0.29) is 5.91 Å². The molecule has 1 aliphatic heterocycles. The van der Waals surface area contributed by atoms with Crippen molar-refractivity contribution in [1.29, 1.82) is 0 Å². The third-order valence-corrected chi connectivity index (χ3v) is 6.12. The van der Waals surface area contributed by atoms with Crippen LogP contribution in [0.3, 0.4) is 0 Å². The van der Waals surface area contributed by atoms with Crippen molar-refractivity contribution in [3.8, 4) is 5.75 Å². The molecule has 0 saturated carbocycles. The molecule has 4 rings (SSSR count). The van der Waals surface area contributed by atoms with Crippen LogP contribution in [0.5, 0.6) is 5.75 Å². The van der Waals surface area contributed by atoms with Gasteiger partial charge in [0.05, 0.1) is 6.61 Å². The zero-order chi connectivity index (χ0) is 22.0. The van der Waals surface area contributed by atoms with E-state index < -0.39 is 0 Å². The van der Waals surface area contributed by atoms with Crippen molar-refractivity contribution in [3.63, 3.8) is 0 Å². The summed E-state index contributed by atoms with van der Waals surface area (Å²) < 4.78 is 7.74. The number of hydrogen-bond acceptors (Lipinski definition) is 4. The lowest BCUT2D eigenvalue weighted by Crippen LogP contribution is -2.44. The summed E-state index contributed by atoms with van der Waals surface area (Å²) in [6.45, 7) is 11.6. The summed E-state index contributed by atoms with van der Waals surface area (Å²) in [5.41, 5.74) is 4.75. The topological polar surface area (TPSA) is 49.7 Å². The average Bonchev–Trinajstić information content (AvgIpc) is 3.06. The van der Waals surface area contributed by atoms with Gasteiger partial charge in [0.15, 0.2) is 0 Å². The van der Waals surface area contributed by atoms with Gasteiger partial charge in [0, 0.05) is 55.0 Å². The molecule has 0 bridgehead atoms. The third-order valence-electron chi connectivity index (χ3n) is 6.12. The van der Waals surface area contributed by atoms with Crippen LogP contribution in [0.25, 0.3) is 10.9 Å². The van der Waals surface area contributed by atoms with Crippen molar-refractivity contribution in [2.45, 2.75) is 27.3 Å². The number of likely N-dealkylation sites (N-methyl/N-ethyl adjacent to an activating group) is 1. The van der Waals surface area contributed by atoms with Crippen LogP contribution in [0.4, 0.5) is 11.4 Å². The van der Waals surface area contributed by atoms with Gasteiger partial charge in [-0.05, 0) is 75.8 Å². The number of amides is 1. The van der Waals surface area contributed by atoms with E-state index >= 15 is 0 Å². The maximum atomic E-state index is 13.2. The van der Waals surface area contributed by atoms with Crippen molar-refractivity contribution in [2.75, 3.05) is 50.1 Å². The van der Waals surface area contributed by atoms with Crippen LogP contribution < -0.4 is 15.0 Å². The van der Waals surface area contributed by atoms with Gasteiger partial charge in [0.1, 0.15) is 11.4 Å². The second-order valence-corrected chi connectivity index (χ2v) is 8.12. The van der Waals surface area contributed by atoms with Crippen LogP contribution in [0.15, 0.2) is 42.5 Å². The van der Waals surface area contributed by atoms with Crippen LogP contribution in [0.2, 0.25) is 0 Å². The number of rotatable bonds is 6. The molecule has 1 fully saturated rings. The standard InChI is InChI=1S/C25H32N4O2/c1-5-29-23-12-11-21(31-6-2)17-22(23)18(3)24(29)25(30)26-19-7-9-20(10-8-19)28-15-13-27(4)14-16-28/h7-12,17H,5-6,13-16H2,1-4H3,(H,26,30). The molecule has 0 radical (unpaired) electrons. The number of aromatic nitrogens is 1. The Morgan fingerprint density at radius 1 is 1.03 bits per heavy atom. The number of benzene rings is 2. The SMILES string of the molecule is CCOc1ccc2c(c1)c(C)c(C(=O)Nc1ccc(N3CCN(C)CC3)cc1)n2CC. The molecule has 164 valence electrons. The Hall–Kier alpha value is -2.99. The maximum absolute atomic E-state index is 13.2. The molecule has 0 spiro atoms. The number of nitrogens with zero attached hydrogens (tertiary/aromatic N) is 3. The fraction of sp³-hybridized carbons (Fsp3) is 0.400. The summed E-state index contributed by atoms with van der Waals surface area (Å²) in [6.07, 6.45) is 0. The smallest absolute Gasteiger partial charge is 0.272 e. The second kappa shape index (κ2) is 9.02. The molecule has 31 heavy (non-hydrogen) atoms. The number of hydrogen-bond donors (Lipinski definition) is 1. The van der Waals surface area contributed by atoms with Crippen molar-refractivity contribution in [2.24, 2.45) is 0 Å². The molecule has 3 aromatic rings. The second-order valence-electron chi connectivity index (χ2n) is 8.12. The summed E-state index contributed by atoms with van der Waals surface area (Å²) in [5, 5.41) is 4.15. The summed E-state index contributed by atoms with van der Waals surface area (Å²) in [6, 6.07) is 14.2. The van der Waals surface area contributed by atoms with Gasteiger partial charge in [-0.2, -0.15) is 0 Å². The quantitative estimate of drug-likeness (QED) is 0.643. The largest absolute Gasteiger partial charge is 0.494 e. The molecule has 6 nitrogen and oxygen atoms in total. The number of carbonyl (C=O) groups excluding carboxylic acids is 1. The first-order valence-corrected chi connectivity index (χ1v) is 11.1. The highest BCUT2D eigenvalue weighted by molar-refractivity contribution is 6.08. The van der Waals surface area contributed by atoms with E-state index in [9.17, 15) is 4.79 Å². The van der Waals surface area contributed by atoms with E-state index in [0.29, 0.717) is 12.3 Å². The maximum Gasteiger partial charge on any atom is 0.272 e. The van der Waals surface area contributed by atoms with Crippen LogP contribution in [0.1, 0.15) is 29.9 Å². The minimum Gasteiger partial charge on any atom is -0.494 e. The summed E-state index contributed by atoms with van der Waals surface area (Å²) in [7, 11) is 2.16. The molecule has 1 amide bonds. The van der Waals surface area contributed by atoms with Crippen LogP contribution in [-0.4, -0.2) is 55.2 Å². The zero-order valence-electron chi connectivity index (χ0n) is 18.9. The Labute approximate surface area is 184 Å². The highest BCUT2D eigenvalue weighted by Crippen LogP contribution is 2.30. The van der Waals surface area contributed by atoms with Crippen molar-refractivity contribution in [3.05, 3.63) is 53.7 Å². The molecular weight excluding hydrogens is 388 g/mol. The fourth-order valence-corrected chi connectivity index (χ4v) is 4.39. The van der Waals surface area contributed by atoms with Gasteiger partial charge in [0.25, 0.3) is 5.91 Å². The highest BCUT2D eigenvalue weighted by atomic mass is 16.5. The predicted octanol–water partition coefficient (Wildman–Crippen LogP) is 4.37. The number of nitrogens with one attached hydrogen (secondary N) is 1. The number of piperazine rings is 1. The van der Waals surface area contributed by atoms with E-state index in [2.05, 4.69) is 45.8 Å². The molecule has 1 aromatic heterocycles. The van der Waals surface area contributed by atoms with Crippen LogP contribution in [0, 0.1) is 6.92 Å². The number of carbonyl (C=O) groups is 1. The van der Waals surface area contributed by atoms with Gasteiger partial charge in [0.2, 0.25) is 0 Å². The number of aryl methyl sites for hydroxylation is 2. The summed E-state index contributed by atoms with van der Waals surface area (Å²) in [4.78, 5) is 18.0. The normalized spacial score (nSPS) is 14.8. The van der Waals surface area contributed by atoms with Gasteiger partial charge in [-0.15, -0.1) is 0 Å². The van der Waals surface area contributed by atoms with Gasteiger partial charge in [-0.1, -0.05) is 0 Å². The Morgan fingerprint density at radius 3 is 2.39 bits per heavy atom. The molecular formula is C25H32N4O2. The Morgan fingerprint density at radius 2 is 1.74 bits per heavy atom. The lowest BCUT2D eigenvalue weighted by atomic mass is 10.1. The van der Waals surface area contributed by atoms with E-state index in [4.69, 9.17) is 4.74 Å². The summed E-state index contributed by atoms with van der Waals surface area (Å²) >= 11 is 0. The fourth-order valence-electron chi connectivity index (χ4n) is 4.39. The molecule has 0 unspecified atom stereocenters. The third kappa shape index (κ3) is 4.26. The predicted molar refractivity (Wildman–Crippen MR) is 128 cm³/mol. The van der Waals surface area contributed by atoms with Crippen molar-refractivity contribution in [1.82, 2.24) is 9.47 Å². The number of fused-ring (bicyclic) bond motifs is 1. The van der Waals surface area contributed by atoms with Crippen LogP contribution >= 0.6 is 0 Å². The Bertz CT molecular complexity index is 1060. The first-order valence-electron chi connectivity index (χ1n) is 11.1. The molecule has 0 atom stereocenters. The van der Waals surface area contributed by atoms with E-state index in [1.54, 1.807) is 0 Å². The molecule has 2 aromatic carbocycles. The zero-order valence-corrected chi connectivity index (χ0v) is 18.9. The molecule has 6 heteroatoms. The molecule has 1 saturated heterocycles. The Balaban J connectivity index is 1.56. The van der Waals surface area contributed by atoms with Gasteiger partial charge < -0.3 is 24.4 Å². The molecule has 1 N–H and O–H groups in total. The minimum absolute atomic E-state index is 0.0825. The molecule has 0 aliphatic carbocycles. The minimum atomic E-state index is -0.0825. The number of anilines is 2. The highest BCUT2D eigenvalue weighted by Gasteiger charge is 2.20. The van der Waals surface area contributed by atoms with E-state index in [1.807, 2.05) is 44.2 Å². The number of ether oxygens (including phenoxy) is 1.